The molecular formula is C26H26ClN3O3S2. The number of hydrogen-bond acceptors (Lipinski definition) is 6. The summed E-state index contributed by atoms with van der Waals surface area (Å²) in [5.41, 5.74) is 0.286. The molecule has 1 fully saturated rings. The Bertz CT molecular complexity index is 1340. The predicted octanol–water partition coefficient (Wildman–Crippen LogP) is 6.56. The minimum atomic E-state index is -0.334. The zero-order valence-electron chi connectivity index (χ0n) is 19.6. The molecule has 3 heterocycles. The minimum Gasteiger partial charge on any atom is -0.438 e. The van der Waals surface area contributed by atoms with Crippen LogP contribution >= 0.6 is 35.6 Å². The van der Waals surface area contributed by atoms with Crippen LogP contribution in [0.5, 0.6) is 11.6 Å². The molecule has 0 unspecified atom stereocenters. The summed E-state index contributed by atoms with van der Waals surface area (Å²) < 4.78 is 7.92. The Morgan fingerprint density at radius 2 is 1.94 bits per heavy atom. The van der Waals surface area contributed by atoms with Gasteiger partial charge in [-0.2, -0.15) is 4.98 Å². The number of carbonyl (C=O) groups excluding carboxylic acids is 1. The van der Waals surface area contributed by atoms with Crippen LogP contribution in [0.2, 0.25) is 5.02 Å². The molecule has 1 aliphatic rings. The molecule has 0 aliphatic carbocycles. The van der Waals surface area contributed by atoms with Crippen molar-refractivity contribution in [1.29, 1.82) is 0 Å². The summed E-state index contributed by atoms with van der Waals surface area (Å²) in [5, 5.41) is 0.567. The Kier molecular flexibility index (Phi) is 8.26. The van der Waals surface area contributed by atoms with E-state index in [1.54, 1.807) is 59.6 Å². The van der Waals surface area contributed by atoms with Crippen molar-refractivity contribution in [3.8, 4) is 11.6 Å². The van der Waals surface area contributed by atoms with Gasteiger partial charge in [-0.05, 0) is 54.8 Å². The van der Waals surface area contributed by atoms with Crippen LogP contribution in [0.4, 0.5) is 0 Å². The molecule has 9 heteroatoms. The van der Waals surface area contributed by atoms with Crippen LogP contribution < -0.4 is 10.3 Å². The molecule has 4 rings (SSSR count). The number of rotatable bonds is 9. The summed E-state index contributed by atoms with van der Waals surface area (Å²) in [7, 11) is 0. The van der Waals surface area contributed by atoms with Crippen molar-refractivity contribution in [2.24, 2.45) is 5.92 Å². The van der Waals surface area contributed by atoms with E-state index >= 15 is 0 Å². The Morgan fingerprint density at radius 3 is 2.66 bits per heavy atom. The quantitative estimate of drug-likeness (QED) is 0.232. The molecule has 1 amide bonds. The lowest BCUT2D eigenvalue weighted by molar-refractivity contribution is -0.122. The average molecular weight is 528 g/mol. The third-order valence-electron chi connectivity index (χ3n) is 5.90. The van der Waals surface area contributed by atoms with E-state index in [1.807, 2.05) is 0 Å². The maximum atomic E-state index is 13.4. The molecule has 1 atom stereocenters. The molecule has 3 aromatic rings. The molecular weight excluding hydrogens is 502 g/mol. The summed E-state index contributed by atoms with van der Waals surface area (Å²) in [6.07, 6.45) is 7.45. The number of benzene rings is 1. The van der Waals surface area contributed by atoms with Gasteiger partial charge in [-0.25, -0.2) is 0 Å². The number of amides is 1. The van der Waals surface area contributed by atoms with Crippen molar-refractivity contribution in [2.45, 2.75) is 39.5 Å². The van der Waals surface area contributed by atoms with Crippen LogP contribution in [-0.4, -0.2) is 31.1 Å². The first kappa shape index (κ1) is 25.4. The number of aromatic nitrogens is 2. The van der Waals surface area contributed by atoms with Gasteiger partial charge in [0.1, 0.15) is 21.3 Å². The van der Waals surface area contributed by atoms with Crippen LogP contribution in [0, 0.1) is 5.92 Å². The number of carbonyl (C=O) groups is 1. The van der Waals surface area contributed by atoms with Gasteiger partial charge in [0.15, 0.2) is 0 Å². The maximum absolute atomic E-state index is 13.4. The third kappa shape index (κ3) is 5.77. The molecule has 1 aromatic carbocycles. The van der Waals surface area contributed by atoms with Gasteiger partial charge in [0.25, 0.3) is 11.5 Å². The van der Waals surface area contributed by atoms with E-state index in [1.165, 1.54) is 16.2 Å². The highest BCUT2D eigenvalue weighted by Gasteiger charge is 2.34. The normalized spacial score (nSPS) is 15.9. The zero-order chi connectivity index (χ0) is 24.9. The number of thiocarbonyl (C=S) groups is 1. The average Bonchev–Trinajstić information content (AvgIpc) is 3.12. The van der Waals surface area contributed by atoms with Crippen LogP contribution in [0.15, 0.2) is 58.4 Å². The smallest absolute Gasteiger partial charge is 0.269 e. The second-order valence-corrected chi connectivity index (χ2v) is 10.4. The number of hydrogen-bond donors (Lipinski definition) is 0. The van der Waals surface area contributed by atoms with Gasteiger partial charge in [0, 0.05) is 17.8 Å². The van der Waals surface area contributed by atoms with Crippen molar-refractivity contribution in [2.75, 3.05) is 6.54 Å². The first-order valence-electron chi connectivity index (χ1n) is 11.6. The van der Waals surface area contributed by atoms with Crippen LogP contribution in [0.3, 0.4) is 0 Å². The molecule has 0 spiro atoms. The number of thioether (sulfide) groups is 1. The Morgan fingerprint density at radius 1 is 1.17 bits per heavy atom. The fourth-order valence-electron chi connectivity index (χ4n) is 3.86. The van der Waals surface area contributed by atoms with Gasteiger partial charge in [0.05, 0.1) is 4.91 Å². The van der Waals surface area contributed by atoms with E-state index in [-0.39, 0.29) is 22.9 Å². The van der Waals surface area contributed by atoms with Crippen molar-refractivity contribution in [1.82, 2.24) is 14.3 Å². The van der Waals surface area contributed by atoms with Crippen LogP contribution in [-0.2, 0) is 4.79 Å². The second-order valence-electron chi connectivity index (χ2n) is 8.33. The molecule has 0 saturated carbocycles. The Hall–Kier alpha value is -2.68. The van der Waals surface area contributed by atoms with Gasteiger partial charge in [-0.15, -0.1) is 0 Å². The molecule has 0 radical (unpaired) electrons. The van der Waals surface area contributed by atoms with Gasteiger partial charge in [-0.1, -0.05) is 74.8 Å². The molecule has 2 aromatic heterocycles. The van der Waals surface area contributed by atoms with Crippen LogP contribution in [0.1, 0.15) is 45.1 Å². The van der Waals surface area contributed by atoms with E-state index in [4.69, 9.17) is 28.6 Å². The summed E-state index contributed by atoms with van der Waals surface area (Å²) in [6, 6.07) is 12.0. The molecule has 1 aliphatic heterocycles. The summed E-state index contributed by atoms with van der Waals surface area (Å²) >= 11 is 12.7. The number of unbranched alkanes of at least 4 members (excludes halogenated alkanes) is 1. The van der Waals surface area contributed by atoms with Gasteiger partial charge < -0.3 is 4.74 Å². The zero-order valence-corrected chi connectivity index (χ0v) is 22.0. The van der Waals surface area contributed by atoms with Crippen molar-refractivity contribution in [3.63, 3.8) is 0 Å². The highest BCUT2D eigenvalue weighted by atomic mass is 35.5. The number of fused-ring (bicyclic) bond motifs is 1. The van der Waals surface area contributed by atoms with E-state index in [0.717, 1.165) is 25.7 Å². The van der Waals surface area contributed by atoms with E-state index in [2.05, 4.69) is 18.8 Å². The number of nitrogens with zero attached hydrogens (tertiary/aromatic N) is 3. The standard InChI is InChI=1S/C26H26ClN3O3S2/c1-3-5-8-17(4-2)16-30-25(32)21(35-26(30)34)15-20-23(33-19-12-10-18(27)11-13-19)28-22-9-6-7-14-29(22)24(20)31/h6-7,9-15,17H,3-5,8,16H2,1-2H3/b21-15-/t17-/m0/s1. The lowest BCUT2D eigenvalue weighted by Crippen LogP contribution is -2.33. The van der Waals surface area contributed by atoms with E-state index in [9.17, 15) is 9.59 Å². The second kappa shape index (κ2) is 11.4. The lowest BCUT2D eigenvalue weighted by atomic mass is 9.99. The molecule has 182 valence electrons. The summed E-state index contributed by atoms with van der Waals surface area (Å²) in [4.78, 5) is 33.3. The SMILES string of the molecule is CCCC[C@H](CC)CN1C(=O)/C(=C/c2c(Oc3ccc(Cl)cc3)nc3ccccn3c2=O)SC1=S. The first-order chi connectivity index (χ1) is 16.9. The summed E-state index contributed by atoms with van der Waals surface area (Å²) in [5.74, 6) is 0.784. The van der Waals surface area contributed by atoms with Crippen LogP contribution in [0.25, 0.3) is 11.7 Å². The topological polar surface area (TPSA) is 63.9 Å². The van der Waals surface area contributed by atoms with Crippen molar-refractivity contribution in [3.05, 3.63) is 74.5 Å². The molecule has 0 bridgehead atoms. The first-order valence-corrected chi connectivity index (χ1v) is 13.2. The van der Waals surface area contributed by atoms with E-state index < -0.39 is 0 Å². The molecule has 35 heavy (non-hydrogen) atoms. The highest BCUT2D eigenvalue weighted by molar-refractivity contribution is 8.26. The summed E-state index contributed by atoms with van der Waals surface area (Å²) in [6.45, 7) is 4.88. The minimum absolute atomic E-state index is 0.114. The maximum Gasteiger partial charge on any atom is 0.269 e. The van der Waals surface area contributed by atoms with Crippen molar-refractivity contribution < 1.29 is 9.53 Å². The monoisotopic (exact) mass is 527 g/mol. The van der Waals surface area contributed by atoms with Crippen molar-refractivity contribution >= 4 is 57.5 Å². The Labute approximate surface area is 219 Å². The largest absolute Gasteiger partial charge is 0.438 e. The third-order valence-corrected chi connectivity index (χ3v) is 7.53. The fraction of sp³-hybridized carbons (Fsp3) is 0.308. The van der Waals surface area contributed by atoms with Gasteiger partial charge >= 0.3 is 0 Å². The molecule has 1 saturated heterocycles. The predicted molar refractivity (Wildman–Crippen MR) is 146 cm³/mol. The molecule has 6 nitrogen and oxygen atoms in total. The van der Waals surface area contributed by atoms with E-state index in [0.29, 0.717) is 38.1 Å². The molecule has 0 N–H and O–H groups in total. The lowest BCUT2D eigenvalue weighted by Gasteiger charge is -2.21. The number of halogens is 1. The fourth-order valence-corrected chi connectivity index (χ4v) is 5.24. The van der Waals surface area contributed by atoms with Gasteiger partial charge in [-0.3, -0.25) is 18.9 Å². The Balaban J connectivity index is 1.71. The highest BCUT2D eigenvalue weighted by Crippen LogP contribution is 2.35. The van der Waals surface area contributed by atoms with Gasteiger partial charge in [0.2, 0.25) is 5.88 Å². The number of ether oxygens (including phenoxy) is 1. The number of pyridine rings is 1.